The normalized spacial score (nSPS) is 10.6. The zero-order valence-corrected chi connectivity index (χ0v) is 9.91. The van der Waals surface area contributed by atoms with Crippen LogP contribution in [0.1, 0.15) is 30.1 Å². The highest BCUT2D eigenvalue weighted by atomic mass is 32.1. The van der Waals surface area contributed by atoms with Crippen molar-refractivity contribution in [3.05, 3.63) is 23.3 Å². The van der Waals surface area contributed by atoms with Crippen molar-refractivity contribution in [3.8, 4) is 10.7 Å². The van der Waals surface area contributed by atoms with Crippen LogP contribution in [0.15, 0.2) is 17.8 Å². The van der Waals surface area contributed by atoms with Gasteiger partial charge >= 0.3 is 0 Å². The van der Waals surface area contributed by atoms with Gasteiger partial charge in [-0.2, -0.15) is 5.10 Å². The highest BCUT2D eigenvalue weighted by molar-refractivity contribution is 7.13. The van der Waals surface area contributed by atoms with E-state index < -0.39 is 0 Å². The van der Waals surface area contributed by atoms with Crippen LogP contribution in [0.3, 0.4) is 0 Å². The third kappa shape index (κ3) is 2.19. The molecule has 0 saturated carbocycles. The molecule has 2 aromatic rings. The average Bonchev–Trinajstić information content (AvgIpc) is 2.94. The van der Waals surface area contributed by atoms with Gasteiger partial charge in [0.25, 0.3) is 0 Å². The van der Waals surface area contributed by atoms with E-state index >= 15 is 0 Å². The Balaban J connectivity index is 2.30. The first-order chi connectivity index (χ1) is 7.85. The number of carbonyl (C=O) groups is 1. The molecule has 0 spiro atoms. The minimum Gasteiger partial charge on any atom is -0.298 e. The van der Waals surface area contributed by atoms with E-state index in [4.69, 9.17) is 0 Å². The second kappa shape index (κ2) is 5.03. The van der Waals surface area contributed by atoms with E-state index in [-0.39, 0.29) is 0 Å². The van der Waals surface area contributed by atoms with Crippen LogP contribution in [-0.2, 0) is 6.54 Å². The summed E-state index contributed by atoms with van der Waals surface area (Å²) in [5.41, 5.74) is 1.31. The quantitative estimate of drug-likeness (QED) is 0.748. The van der Waals surface area contributed by atoms with Gasteiger partial charge < -0.3 is 0 Å². The Morgan fingerprint density at radius 2 is 2.44 bits per heavy atom. The highest BCUT2D eigenvalue weighted by Crippen LogP contribution is 2.22. The molecule has 0 aromatic carbocycles. The molecule has 2 aromatic heterocycles. The molecule has 0 aliphatic rings. The molecule has 5 heteroatoms. The predicted molar refractivity (Wildman–Crippen MR) is 63.6 cm³/mol. The number of aldehydes is 1. The minimum absolute atomic E-state index is 0.617. The Kier molecular flexibility index (Phi) is 3.46. The number of hydrogen-bond donors (Lipinski definition) is 0. The molecule has 0 radical (unpaired) electrons. The summed E-state index contributed by atoms with van der Waals surface area (Å²) in [6.45, 7) is 2.98. The molecule has 16 heavy (non-hydrogen) atoms. The van der Waals surface area contributed by atoms with Gasteiger partial charge in [0.1, 0.15) is 10.7 Å². The van der Waals surface area contributed by atoms with Gasteiger partial charge in [0.05, 0.1) is 5.56 Å². The number of aryl methyl sites for hydroxylation is 1. The van der Waals surface area contributed by atoms with Crippen LogP contribution in [0.25, 0.3) is 10.7 Å². The first-order valence-corrected chi connectivity index (χ1v) is 6.15. The van der Waals surface area contributed by atoms with Gasteiger partial charge in [-0.1, -0.05) is 13.3 Å². The third-order valence-electron chi connectivity index (χ3n) is 2.29. The molecule has 0 bridgehead atoms. The summed E-state index contributed by atoms with van der Waals surface area (Å²) in [6.07, 6.45) is 6.53. The lowest BCUT2D eigenvalue weighted by atomic mass is 10.3. The molecule has 0 aliphatic carbocycles. The van der Waals surface area contributed by atoms with E-state index in [1.54, 1.807) is 12.4 Å². The molecule has 0 aliphatic heterocycles. The lowest BCUT2D eigenvalue weighted by Crippen LogP contribution is -1.97. The average molecular weight is 235 g/mol. The van der Waals surface area contributed by atoms with Gasteiger partial charge in [-0.15, -0.1) is 11.3 Å². The fourth-order valence-corrected chi connectivity index (χ4v) is 2.11. The van der Waals surface area contributed by atoms with Crippen LogP contribution in [0.2, 0.25) is 0 Å². The summed E-state index contributed by atoms with van der Waals surface area (Å²) in [5, 5.41) is 7.08. The molecule has 0 amide bonds. The summed E-state index contributed by atoms with van der Waals surface area (Å²) in [4.78, 5) is 15.1. The maximum Gasteiger partial charge on any atom is 0.153 e. The van der Waals surface area contributed by atoms with Crippen LogP contribution in [0.5, 0.6) is 0 Å². The summed E-state index contributed by atoms with van der Waals surface area (Å²) >= 11 is 1.50. The topological polar surface area (TPSA) is 47.8 Å². The number of unbranched alkanes of at least 4 members (excludes halogenated alkanes) is 1. The first-order valence-electron chi connectivity index (χ1n) is 5.27. The van der Waals surface area contributed by atoms with Crippen molar-refractivity contribution < 1.29 is 4.79 Å². The van der Waals surface area contributed by atoms with Crippen molar-refractivity contribution in [1.82, 2.24) is 14.8 Å². The van der Waals surface area contributed by atoms with Crippen molar-refractivity contribution in [2.45, 2.75) is 26.3 Å². The van der Waals surface area contributed by atoms with E-state index in [1.165, 1.54) is 11.3 Å². The van der Waals surface area contributed by atoms with E-state index in [2.05, 4.69) is 17.0 Å². The zero-order valence-electron chi connectivity index (χ0n) is 9.09. The van der Waals surface area contributed by atoms with Gasteiger partial charge in [0, 0.05) is 24.3 Å². The Morgan fingerprint density at radius 3 is 3.06 bits per heavy atom. The standard InChI is InChI=1S/C11H13N3OS/c1-2-3-5-14-7-9(8-15)10(13-14)11-12-4-6-16-11/h4,6-8H,2-3,5H2,1H3. The number of thiazole rings is 1. The van der Waals surface area contributed by atoms with Crippen LogP contribution in [-0.4, -0.2) is 21.1 Å². The molecule has 0 N–H and O–H groups in total. The summed E-state index contributed by atoms with van der Waals surface area (Å²) < 4.78 is 1.82. The molecule has 0 fully saturated rings. The number of hydrogen-bond acceptors (Lipinski definition) is 4. The van der Waals surface area contributed by atoms with E-state index in [0.717, 1.165) is 30.7 Å². The molecular weight excluding hydrogens is 222 g/mol. The zero-order chi connectivity index (χ0) is 11.4. The predicted octanol–water partition coefficient (Wildman–Crippen LogP) is 2.62. The van der Waals surface area contributed by atoms with Crippen molar-refractivity contribution in [2.24, 2.45) is 0 Å². The molecule has 0 saturated heterocycles. The fraction of sp³-hybridized carbons (Fsp3) is 0.364. The molecular formula is C11H13N3OS. The Bertz CT molecular complexity index is 462. The van der Waals surface area contributed by atoms with Crippen LogP contribution in [0.4, 0.5) is 0 Å². The fourth-order valence-electron chi connectivity index (χ4n) is 1.46. The first kappa shape index (κ1) is 11.0. The summed E-state index contributed by atoms with van der Waals surface area (Å²) in [7, 11) is 0. The second-order valence-corrected chi connectivity index (χ2v) is 4.40. The minimum atomic E-state index is 0.617. The third-order valence-corrected chi connectivity index (χ3v) is 3.07. The van der Waals surface area contributed by atoms with E-state index in [1.807, 2.05) is 10.1 Å². The van der Waals surface area contributed by atoms with E-state index in [9.17, 15) is 4.79 Å². The molecule has 2 heterocycles. The van der Waals surface area contributed by atoms with Crippen molar-refractivity contribution in [2.75, 3.05) is 0 Å². The lowest BCUT2D eigenvalue weighted by Gasteiger charge is -1.97. The summed E-state index contributed by atoms with van der Waals surface area (Å²) in [6, 6.07) is 0. The van der Waals surface area contributed by atoms with Gasteiger partial charge in [-0.3, -0.25) is 9.48 Å². The molecule has 4 nitrogen and oxygen atoms in total. The molecule has 0 unspecified atom stereocenters. The van der Waals surface area contributed by atoms with Gasteiger partial charge in [0.2, 0.25) is 0 Å². The maximum absolute atomic E-state index is 10.9. The lowest BCUT2D eigenvalue weighted by molar-refractivity contribution is 0.112. The number of nitrogens with zero attached hydrogens (tertiary/aromatic N) is 3. The summed E-state index contributed by atoms with van der Waals surface area (Å²) in [5.74, 6) is 0. The smallest absolute Gasteiger partial charge is 0.153 e. The number of rotatable bonds is 5. The largest absolute Gasteiger partial charge is 0.298 e. The van der Waals surface area contributed by atoms with Crippen LogP contribution < -0.4 is 0 Å². The van der Waals surface area contributed by atoms with Crippen molar-refractivity contribution in [3.63, 3.8) is 0 Å². The molecule has 84 valence electrons. The highest BCUT2D eigenvalue weighted by Gasteiger charge is 2.12. The van der Waals surface area contributed by atoms with Crippen molar-refractivity contribution >= 4 is 17.6 Å². The maximum atomic E-state index is 10.9. The SMILES string of the molecule is CCCCn1cc(C=O)c(-c2nccs2)n1. The number of aromatic nitrogens is 3. The van der Waals surface area contributed by atoms with Gasteiger partial charge in [0.15, 0.2) is 6.29 Å². The number of carbonyl (C=O) groups excluding carboxylic acids is 1. The van der Waals surface area contributed by atoms with Gasteiger partial charge in [-0.25, -0.2) is 4.98 Å². The van der Waals surface area contributed by atoms with Crippen LogP contribution >= 0.6 is 11.3 Å². The monoisotopic (exact) mass is 235 g/mol. The molecule has 2 rings (SSSR count). The Hall–Kier alpha value is -1.49. The Morgan fingerprint density at radius 1 is 1.56 bits per heavy atom. The second-order valence-electron chi connectivity index (χ2n) is 3.50. The van der Waals surface area contributed by atoms with E-state index in [0.29, 0.717) is 11.3 Å². The van der Waals surface area contributed by atoms with Gasteiger partial charge in [-0.05, 0) is 6.42 Å². The Labute approximate surface area is 97.9 Å². The van der Waals surface area contributed by atoms with Crippen LogP contribution in [0, 0.1) is 0 Å². The molecule has 0 atom stereocenters. The van der Waals surface area contributed by atoms with Crippen molar-refractivity contribution in [1.29, 1.82) is 0 Å².